The van der Waals surface area contributed by atoms with E-state index >= 15 is 0 Å². The van der Waals surface area contributed by atoms with Crippen molar-refractivity contribution in [2.24, 2.45) is 0 Å². The van der Waals surface area contributed by atoms with Gasteiger partial charge in [0.05, 0.1) is 10.7 Å². The molecule has 1 aliphatic heterocycles. The van der Waals surface area contributed by atoms with Gasteiger partial charge < -0.3 is 20.7 Å². The molecule has 0 aromatic heterocycles. The van der Waals surface area contributed by atoms with Crippen LogP contribution in [0.2, 0.25) is 5.02 Å². The highest BCUT2D eigenvalue weighted by Crippen LogP contribution is 2.27. The van der Waals surface area contributed by atoms with Crippen molar-refractivity contribution in [1.29, 1.82) is 0 Å². The van der Waals surface area contributed by atoms with Crippen LogP contribution >= 0.6 is 11.6 Å². The van der Waals surface area contributed by atoms with Gasteiger partial charge in [-0.25, -0.2) is 0 Å². The van der Waals surface area contributed by atoms with Crippen molar-refractivity contribution in [1.82, 2.24) is 0 Å². The lowest BCUT2D eigenvalue weighted by molar-refractivity contribution is -0.118. The number of hydrogen-bond donors (Lipinski definition) is 3. The highest BCUT2D eigenvalue weighted by molar-refractivity contribution is 6.34. The van der Waals surface area contributed by atoms with Crippen LogP contribution in [0.3, 0.4) is 0 Å². The molecule has 1 aliphatic rings. The van der Waals surface area contributed by atoms with Crippen molar-refractivity contribution in [3.63, 3.8) is 0 Å². The first kappa shape index (κ1) is 18.7. The Morgan fingerprint density at radius 3 is 2.70 bits per heavy atom. The van der Waals surface area contributed by atoms with Crippen LogP contribution in [0.25, 0.3) is 0 Å². The molecule has 1 heterocycles. The number of benzene rings is 2. The van der Waals surface area contributed by atoms with Crippen LogP contribution in [0.5, 0.6) is 5.75 Å². The van der Waals surface area contributed by atoms with E-state index in [2.05, 4.69) is 16.0 Å². The van der Waals surface area contributed by atoms with E-state index < -0.39 is 0 Å². The van der Waals surface area contributed by atoms with Crippen molar-refractivity contribution in [3.8, 4) is 5.75 Å². The van der Waals surface area contributed by atoms with Crippen molar-refractivity contribution in [2.45, 2.75) is 19.8 Å². The zero-order chi connectivity index (χ0) is 19.4. The molecule has 0 unspecified atom stereocenters. The molecule has 0 radical (unpaired) electrons. The second-order valence-electron chi connectivity index (χ2n) is 6.08. The summed E-state index contributed by atoms with van der Waals surface area (Å²) in [5.74, 6) is -0.0196. The molecule has 140 valence electrons. The summed E-state index contributed by atoms with van der Waals surface area (Å²) in [4.78, 5) is 34.5. The molecule has 2 aromatic carbocycles. The van der Waals surface area contributed by atoms with Gasteiger partial charge in [-0.1, -0.05) is 11.6 Å². The van der Waals surface area contributed by atoms with E-state index in [4.69, 9.17) is 16.3 Å². The Labute approximate surface area is 161 Å². The summed E-state index contributed by atoms with van der Waals surface area (Å²) in [5, 5.41) is 8.39. The lowest BCUT2D eigenvalue weighted by Crippen LogP contribution is -2.21. The molecule has 3 amide bonds. The molecule has 27 heavy (non-hydrogen) atoms. The van der Waals surface area contributed by atoms with E-state index in [1.54, 1.807) is 30.3 Å². The smallest absolute Gasteiger partial charge is 0.262 e. The molecule has 2 aromatic rings. The Bertz CT molecular complexity index is 914. The summed E-state index contributed by atoms with van der Waals surface area (Å²) in [6.07, 6.45) is 1.08. The topological polar surface area (TPSA) is 96.5 Å². The average Bonchev–Trinajstić information content (AvgIpc) is 2.62. The predicted molar refractivity (Wildman–Crippen MR) is 103 cm³/mol. The zero-order valence-electron chi connectivity index (χ0n) is 14.6. The molecule has 0 bridgehead atoms. The third kappa shape index (κ3) is 4.98. The van der Waals surface area contributed by atoms with Crippen LogP contribution in [0, 0.1) is 0 Å². The molecular formula is C19H18ClN3O4. The van der Waals surface area contributed by atoms with E-state index in [0.29, 0.717) is 35.0 Å². The van der Waals surface area contributed by atoms with Gasteiger partial charge in [0.2, 0.25) is 11.8 Å². The number of hydrogen-bond acceptors (Lipinski definition) is 4. The Kier molecular flexibility index (Phi) is 5.61. The first-order valence-corrected chi connectivity index (χ1v) is 8.71. The lowest BCUT2D eigenvalue weighted by atomic mass is 10.0. The van der Waals surface area contributed by atoms with Crippen molar-refractivity contribution in [2.75, 3.05) is 22.6 Å². The summed E-state index contributed by atoms with van der Waals surface area (Å²) < 4.78 is 5.52. The van der Waals surface area contributed by atoms with Gasteiger partial charge in [-0.2, -0.15) is 0 Å². The van der Waals surface area contributed by atoms with Crippen LogP contribution in [0.4, 0.5) is 17.1 Å². The van der Waals surface area contributed by atoms with Gasteiger partial charge in [0.15, 0.2) is 6.61 Å². The molecule has 0 saturated carbocycles. The third-order valence-corrected chi connectivity index (χ3v) is 4.22. The van der Waals surface area contributed by atoms with E-state index in [9.17, 15) is 14.4 Å². The first-order valence-electron chi connectivity index (χ1n) is 8.33. The second kappa shape index (κ2) is 8.09. The minimum absolute atomic E-state index is 0.00118. The van der Waals surface area contributed by atoms with E-state index in [1.165, 1.54) is 6.92 Å². The van der Waals surface area contributed by atoms with E-state index in [0.717, 1.165) is 11.3 Å². The fourth-order valence-corrected chi connectivity index (χ4v) is 2.91. The number of anilines is 3. The molecule has 0 spiro atoms. The number of ether oxygens (including phenoxy) is 1. The molecule has 3 rings (SSSR count). The quantitative estimate of drug-likeness (QED) is 0.734. The average molecular weight is 388 g/mol. The highest BCUT2D eigenvalue weighted by Gasteiger charge is 2.15. The number of amides is 3. The Morgan fingerprint density at radius 2 is 1.96 bits per heavy atom. The normalized spacial score (nSPS) is 12.6. The van der Waals surface area contributed by atoms with E-state index in [1.807, 2.05) is 6.07 Å². The maximum atomic E-state index is 12.1. The standard InChI is InChI=1S/C19H18ClN3O4/c1-11(24)21-17-5-3-13(9-15(17)20)22-19(26)10-27-14-4-6-16-12(8-14)2-7-18(25)23-16/h3-6,8-9H,2,7,10H2,1H3,(H,21,24)(H,22,26)(H,23,25). The van der Waals surface area contributed by atoms with E-state index in [-0.39, 0.29) is 24.3 Å². The maximum Gasteiger partial charge on any atom is 0.262 e. The summed E-state index contributed by atoms with van der Waals surface area (Å²) in [6.45, 7) is 1.22. The Balaban J connectivity index is 1.56. The summed E-state index contributed by atoms with van der Waals surface area (Å²) in [6, 6.07) is 10.1. The van der Waals surface area contributed by atoms with Crippen LogP contribution in [0.1, 0.15) is 18.9 Å². The fraction of sp³-hybridized carbons (Fsp3) is 0.211. The van der Waals surface area contributed by atoms with Crippen LogP contribution in [-0.2, 0) is 20.8 Å². The van der Waals surface area contributed by atoms with Crippen LogP contribution < -0.4 is 20.7 Å². The maximum absolute atomic E-state index is 12.1. The predicted octanol–water partition coefficient (Wildman–Crippen LogP) is 3.20. The Hall–Kier alpha value is -3.06. The lowest BCUT2D eigenvalue weighted by Gasteiger charge is -2.17. The van der Waals surface area contributed by atoms with Gasteiger partial charge in [-0.3, -0.25) is 14.4 Å². The van der Waals surface area contributed by atoms with Crippen molar-refractivity contribution < 1.29 is 19.1 Å². The molecule has 8 heteroatoms. The van der Waals surface area contributed by atoms with Crippen molar-refractivity contribution in [3.05, 3.63) is 47.0 Å². The first-order chi connectivity index (χ1) is 12.9. The minimum atomic E-state index is -0.343. The molecule has 0 aliphatic carbocycles. The number of rotatable bonds is 5. The molecule has 0 saturated heterocycles. The number of fused-ring (bicyclic) bond motifs is 1. The number of nitrogens with one attached hydrogen (secondary N) is 3. The second-order valence-corrected chi connectivity index (χ2v) is 6.49. The Morgan fingerprint density at radius 1 is 1.15 bits per heavy atom. The number of carbonyl (C=O) groups is 3. The molecule has 0 atom stereocenters. The largest absolute Gasteiger partial charge is 0.484 e. The van der Waals surface area contributed by atoms with Gasteiger partial charge in [0.1, 0.15) is 5.75 Å². The summed E-state index contributed by atoms with van der Waals surface area (Å²) in [7, 11) is 0. The van der Waals surface area contributed by atoms with Crippen molar-refractivity contribution >= 4 is 46.4 Å². The monoisotopic (exact) mass is 387 g/mol. The number of carbonyl (C=O) groups excluding carboxylic acids is 3. The summed E-state index contributed by atoms with van der Waals surface area (Å²) in [5.41, 5.74) is 2.72. The van der Waals surface area contributed by atoms with Crippen LogP contribution in [0.15, 0.2) is 36.4 Å². The molecule has 3 N–H and O–H groups in total. The van der Waals surface area contributed by atoms with Gasteiger partial charge in [0, 0.05) is 24.7 Å². The van der Waals surface area contributed by atoms with Gasteiger partial charge in [0.25, 0.3) is 5.91 Å². The fourth-order valence-electron chi connectivity index (χ4n) is 2.68. The minimum Gasteiger partial charge on any atom is -0.484 e. The number of aryl methyl sites for hydroxylation is 1. The summed E-state index contributed by atoms with van der Waals surface area (Å²) >= 11 is 6.08. The SMILES string of the molecule is CC(=O)Nc1ccc(NC(=O)COc2ccc3c(c2)CCC(=O)N3)cc1Cl. The molecule has 7 nitrogen and oxygen atoms in total. The number of halogens is 1. The molecular weight excluding hydrogens is 370 g/mol. The highest BCUT2D eigenvalue weighted by atomic mass is 35.5. The van der Waals surface area contributed by atoms with Gasteiger partial charge >= 0.3 is 0 Å². The van der Waals surface area contributed by atoms with Gasteiger partial charge in [-0.05, 0) is 48.4 Å². The molecule has 0 fully saturated rings. The van der Waals surface area contributed by atoms with Gasteiger partial charge in [-0.15, -0.1) is 0 Å². The third-order valence-electron chi connectivity index (χ3n) is 3.91. The van der Waals surface area contributed by atoms with Crippen LogP contribution in [-0.4, -0.2) is 24.3 Å². The zero-order valence-corrected chi connectivity index (χ0v) is 15.4.